The van der Waals surface area contributed by atoms with Crippen molar-refractivity contribution in [2.24, 2.45) is 0 Å². The molecule has 0 radical (unpaired) electrons. The molecule has 45 heavy (non-hydrogen) atoms. The molecule has 9 rings (SSSR count). The molecule has 0 fully saturated rings. The van der Waals surface area contributed by atoms with Gasteiger partial charge in [-0.2, -0.15) is 0 Å². The highest BCUT2D eigenvalue weighted by molar-refractivity contribution is 7.39. The Hall–Kier alpha value is -5.24. The number of nitrogens with zero attached hydrogens (tertiary/aromatic N) is 1. The molecule has 0 atom stereocenters. The molecule has 8 aromatic rings. The quantitative estimate of drug-likeness (QED) is 0.202. The highest BCUT2D eigenvalue weighted by Crippen LogP contribution is 2.55. The Balaban J connectivity index is 1.45. The Bertz CT molecular complexity index is 2330. The third kappa shape index (κ3) is 4.12. The molecule has 0 amide bonds. The van der Waals surface area contributed by atoms with E-state index >= 15 is 0 Å². The van der Waals surface area contributed by atoms with E-state index in [0.717, 1.165) is 38.4 Å². The molecule has 4 heteroatoms. The second-order valence-corrected chi connectivity index (χ2v) is 13.3. The van der Waals surface area contributed by atoms with Crippen LogP contribution in [0, 0.1) is 13.8 Å². The molecule has 0 aliphatic heterocycles. The molecule has 1 aliphatic carbocycles. The van der Waals surface area contributed by atoms with Gasteiger partial charge in [-0.25, -0.2) is 0 Å². The van der Waals surface area contributed by atoms with E-state index < -0.39 is 8.16 Å². The van der Waals surface area contributed by atoms with Crippen molar-refractivity contribution in [3.63, 3.8) is 0 Å². The first-order valence-electron chi connectivity index (χ1n) is 15.4. The number of anilines is 1. The second kappa shape index (κ2) is 10.2. The summed E-state index contributed by atoms with van der Waals surface area (Å²) in [5.74, 6) is 0. The van der Waals surface area contributed by atoms with Crippen LogP contribution in [0.1, 0.15) is 28.3 Å². The summed E-state index contributed by atoms with van der Waals surface area (Å²) >= 11 is 0. The number of benzene rings is 7. The van der Waals surface area contributed by atoms with Crippen LogP contribution in [0.15, 0.2) is 148 Å². The van der Waals surface area contributed by atoms with Gasteiger partial charge in [-0.15, -0.1) is 0 Å². The standard InChI is InChI=1S/C41H30NO2P/c1-26-23-27(2)25-30(24-26)42(41-35-17-9-7-15-33(35)34-16-8-10-18-36(34)41)45-43-37-21-19-28-11-3-5-13-31(28)39(37)40-32-14-6-4-12-29(32)20-22-38(40)44-45/h3-25,41H,1-2H3. The molecule has 0 spiro atoms. The van der Waals surface area contributed by atoms with Crippen molar-refractivity contribution >= 4 is 57.3 Å². The van der Waals surface area contributed by atoms with Gasteiger partial charge in [0.15, 0.2) is 0 Å². The van der Waals surface area contributed by atoms with Crippen LogP contribution in [-0.4, -0.2) is 0 Å². The molecular formula is C41H30NO2P. The molecule has 0 saturated heterocycles. The van der Waals surface area contributed by atoms with E-state index in [-0.39, 0.29) is 6.04 Å². The van der Waals surface area contributed by atoms with Gasteiger partial charge in [0, 0.05) is 10.8 Å². The van der Waals surface area contributed by atoms with Gasteiger partial charge in [-0.3, -0.25) is 4.67 Å². The maximum Gasteiger partial charge on any atom is 0.342 e. The minimum atomic E-state index is -1.67. The van der Waals surface area contributed by atoms with Crippen LogP contribution in [0.2, 0.25) is 0 Å². The number of fused-ring (bicyclic) bond motifs is 10. The summed E-state index contributed by atoms with van der Waals surface area (Å²) in [6, 6.07) is 49.9. The van der Waals surface area contributed by atoms with E-state index in [1.807, 2.05) is 0 Å². The van der Waals surface area contributed by atoms with Crippen molar-refractivity contribution < 1.29 is 8.39 Å². The highest BCUT2D eigenvalue weighted by Gasteiger charge is 2.36. The smallest absolute Gasteiger partial charge is 0.342 e. The van der Waals surface area contributed by atoms with Crippen LogP contribution in [0.5, 0.6) is 0 Å². The third-order valence-corrected chi connectivity index (χ3v) is 10.6. The molecule has 1 aliphatic rings. The summed E-state index contributed by atoms with van der Waals surface area (Å²) in [5.41, 5.74) is 10.2. The van der Waals surface area contributed by atoms with E-state index in [9.17, 15) is 0 Å². The van der Waals surface area contributed by atoms with Crippen molar-refractivity contribution in [2.75, 3.05) is 4.67 Å². The molecule has 216 valence electrons. The van der Waals surface area contributed by atoms with Crippen molar-refractivity contribution in [3.8, 4) is 11.1 Å². The average Bonchev–Trinajstić information content (AvgIpc) is 3.27. The molecule has 0 saturated carbocycles. The maximum absolute atomic E-state index is 7.20. The van der Waals surface area contributed by atoms with Crippen LogP contribution in [0.4, 0.5) is 5.69 Å². The molecule has 0 N–H and O–H groups in total. The van der Waals surface area contributed by atoms with Gasteiger partial charge in [-0.1, -0.05) is 115 Å². The fraction of sp³-hybridized carbons (Fsp3) is 0.0732. The molecule has 1 heterocycles. The summed E-state index contributed by atoms with van der Waals surface area (Å²) < 4.78 is 16.8. The summed E-state index contributed by atoms with van der Waals surface area (Å²) in [5, 5.41) is 6.82. The monoisotopic (exact) mass is 599 g/mol. The lowest BCUT2D eigenvalue weighted by Gasteiger charge is -2.29. The van der Waals surface area contributed by atoms with E-state index in [2.05, 4.69) is 158 Å². The van der Waals surface area contributed by atoms with E-state index in [1.54, 1.807) is 0 Å². The lowest BCUT2D eigenvalue weighted by Crippen LogP contribution is -2.20. The topological polar surface area (TPSA) is 29.5 Å². The van der Waals surface area contributed by atoms with Crippen LogP contribution in [0.25, 0.3) is 54.6 Å². The zero-order chi connectivity index (χ0) is 30.1. The SMILES string of the molecule is Cc1cc(C)cc(N(C2c3ccccc3-c3ccccc32)p2oc3ccc4ccccc4c3c3c(ccc4ccccc43)o2)c1. The van der Waals surface area contributed by atoms with Crippen molar-refractivity contribution in [1.29, 1.82) is 0 Å². The summed E-state index contributed by atoms with van der Waals surface area (Å²) in [7, 11) is -1.67. The van der Waals surface area contributed by atoms with Gasteiger partial charge >= 0.3 is 8.16 Å². The third-order valence-electron chi connectivity index (χ3n) is 9.08. The molecule has 0 unspecified atom stereocenters. The van der Waals surface area contributed by atoms with Crippen molar-refractivity contribution in [1.82, 2.24) is 0 Å². The Labute approximate surface area is 262 Å². The fourth-order valence-electron chi connectivity index (χ4n) is 7.26. The largest absolute Gasteiger partial charge is 0.404 e. The lowest BCUT2D eigenvalue weighted by atomic mass is 9.99. The van der Waals surface area contributed by atoms with E-state index in [0.29, 0.717) is 0 Å². The van der Waals surface area contributed by atoms with Gasteiger partial charge in [0.2, 0.25) is 0 Å². The Morgan fingerprint density at radius 1 is 0.511 bits per heavy atom. The van der Waals surface area contributed by atoms with Crippen molar-refractivity contribution in [3.05, 3.63) is 162 Å². The van der Waals surface area contributed by atoms with E-state index in [1.165, 1.54) is 44.2 Å². The lowest BCUT2D eigenvalue weighted by molar-refractivity contribution is 0.626. The maximum atomic E-state index is 7.20. The van der Waals surface area contributed by atoms with Gasteiger partial charge in [0.1, 0.15) is 11.2 Å². The molecular weight excluding hydrogens is 569 g/mol. The predicted octanol–water partition coefficient (Wildman–Crippen LogP) is 12.3. The minimum Gasteiger partial charge on any atom is -0.404 e. The molecule has 1 aromatic heterocycles. The normalized spacial score (nSPS) is 12.6. The van der Waals surface area contributed by atoms with Gasteiger partial charge in [0.05, 0.1) is 11.7 Å². The van der Waals surface area contributed by atoms with Gasteiger partial charge in [-0.05, 0) is 93.0 Å². The summed E-state index contributed by atoms with van der Waals surface area (Å²) in [6.45, 7) is 4.33. The van der Waals surface area contributed by atoms with Crippen LogP contribution in [0.3, 0.4) is 0 Å². The van der Waals surface area contributed by atoms with Crippen LogP contribution in [-0.2, 0) is 0 Å². The van der Waals surface area contributed by atoms with E-state index in [4.69, 9.17) is 8.39 Å². The first-order valence-corrected chi connectivity index (χ1v) is 16.5. The summed E-state index contributed by atoms with van der Waals surface area (Å²) in [4.78, 5) is 0. The van der Waals surface area contributed by atoms with Gasteiger partial charge < -0.3 is 8.39 Å². The minimum absolute atomic E-state index is 0.0874. The first-order chi connectivity index (χ1) is 22.1. The highest BCUT2D eigenvalue weighted by atomic mass is 31.1. The first kappa shape index (κ1) is 26.2. The van der Waals surface area contributed by atoms with Gasteiger partial charge in [0.25, 0.3) is 0 Å². The number of hydrogen-bond donors (Lipinski definition) is 0. The molecule has 3 nitrogen and oxygen atoms in total. The average molecular weight is 600 g/mol. The van der Waals surface area contributed by atoms with Crippen molar-refractivity contribution in [2.45, 2.75) is 19.9 Å². The zero-order valence-corrected chi connectivity index (χ0v) is 26.0. The van der Waals surface area contributed by atoms with Crippen LogP contribution < -0.4 is 4.67 Å². The summed E-state index contributed by atoms with van der Waals surface area (Å²) in [6.07, 6.45) is 0. The Morgan fingerprint density at radius 2 is 0.978 bits per heavy atom. The number of aryl methyl sites for hydroxylation is 2. The second-order valence-electron chi connectivity index (χ2n) is 12.0. The Morgan fingerprint density at radius 3 is 1.51 bits per heavy atom. The predicted molar refractivity (Wildman–Crippen MR) is 189 cm³/mol. The molecule has 7 aromatic carbocycles. The van der Waals surface area contributed by atoms with Crippen LogP contribution >= 0.6 is 8.16 Å². The zero-order valence-electron chi connectivity index (χ0n) is 25.1. The number of hydrogen-bond acceptors (Lipinski definition) is 3. The molecule has 0 bridgehead atoms. The Kier molecular flexibility index (Phi) is 5.91. The fourth-order valence-corrected chi connectivity index (χ4v) is 8.85. The number of rotatable bonds is 3.